The molecule has 0 saturated heterocycles. The van der Waals surface area contributed by atoms with Crippen molar-refractivity contribution in [3.05, 3.63) is 12.2 Å². The van der Waals surface area contributed by atoms with Crippen molar-refractivity contribution in [1.82, 2.24) is 10.6 Å². The number of aliphatic hydroxyl groups excluding tert-OH is 1. The van der Waals surface area contributed by atoms with E-state index in [-0.39, 0.29) is 24.6 Å². The second-order valence-electron chi connectivity index (χ2n) is 5.51. The molecule has 0 radical (unpaired) electrons. The van der Waals surface area contributed by atoms with Crippen LogP contribution in [0.15, 0.2) is 12.2 Å². The Kier molecular flexibility index (Phi) is 5.58. The van der Waals surface area contributed by atoms with Crippen LogP contribution in [-0.2, 0) is 0 Å². The van der Waals surface area contributed by atoms with Crippen molar-refractivity contribution < 1.29 is 9.90 Å². The smallest absolute Gasteiger partial charge is 0.315 e. The Bertz CT molecular complexity index is 335. The number of aliphatic hydroxyl groups is 1. The molecule has 2 unspecified atom stereocenters. The largest absolute Gasteiger partial charge is 0.396 e. The van der Waals surface area contributed by atoms with Crippen molar-refractivity contribution in [2.45, 2.75) is 49.4 Å². The highest BCUT2D eigenvalue weighted by atomic mass is 32.2. The maximum Gasteiger partial charge on any atom is 0.315 e. The summed E-state index contributed by atoms with van der Waals surface area (Å²) >= 11 is 1.90. The van der Waals surface area contributed by atoms with Crippen LogP contribution in [0.1, 0.15) is 32.1 Å². The highest BCUT2D eigenvalue weighted by molar-refractivity contribution is 7.99. The molecule has 0 aromatic heterocycles. The van der Waals surface area contributed by atoms with Crippen LogP contribution in [0.4, 0.5) is 4.79 Å². The molecule has 2 amide bonds. The zero-order valence-corrected chi connectivity index (χ0v) is 12.3. The zero-order chi connectivity index (χ0) is 13.7. The maximum atomic E-state index is 11.9. The van der Waals surface area contributed by atoms with Gasteiger partial charge in [0, 0.05) is 29.9 Å². The van der Waals surface area contributed by atoms with E-state index >= 15 is 0 Å². The lowest BCUT2D eigenvalue weighted by atomic mass is 9.95. The fourth-order valence-electron chi connectivity index (χ4n) is 2.90. The number of nitrogens with one attached hydrogen (secondary N) is 2. The van der Waals surface area contributed by atoms with Crippen LogP contribution in [-0.4, -0.2) is 41.3 Å². The van der Waals surface area contributed by atoms with Gasteiger partial charge in [0.05, 0.1) is 0 Å². The van der Waals surface area contributed by atoms with Gasteiger partial charge in [0.25, 0.3) is 0 Å². The fraction of sp³-hybridized carbons (Fsp3) is 0.786. The standard InChI is InChI=1S/C14H24N2O2S/c1-19-13-4-2-3-11(8-13)15-14(18)16-12-6-5-10(7-12)9-17/h5-6,10-13,17H,2-4,7-9H2,1H3,(H2,15,16,18)/t10-,11?,12+,13?/m0/s1. The molecule has 4 atom stereocenters. The first kappa shape index (κ1) is 14.7. The van der Waals surface area contributed by atoms with Gasteiger partial charge in [0.2, 0.25) is 0 Å². The molecule has 0 aliphatic heterocycles. The monoisotopic (exact) mass is 284 g/mol. The van der Waals surface area contributed by atoms with Crippen molar-refractivity contribution in [1.29, 1.82) is 0 Å². The summed E-state index contributed by atoms with van der Waals surface area (Å²) < 4.78 is 0. The van der Waals surface area contributed by atoms with Gasteiger partial charge in [-0.2, -0.15) is 11.8 Å². The van der Waals surface area contributed by atoms with E-state index in [1.165, 1.54) is 12.8 Å². The molecule has 2 aliphatic rings. The Morgan fingerprint density at radius 2 is 2.16 bits per heavy atom. The van der Waals surface area contributed by atoms with Crippen LogP contribution in [0.3, 0.4) is 0 Å². The Morgan fingerprint density at radius 1 is 1.32 bits per heavy atom. The van der Waals surface area contributed by atoms with Crippen LogP contribution in [0.25, 0.3) is 0 Å². The van der Waals surface area contributed by atoms with E-state index in [0.717, 1.165) is 19.3 Å². The second-order valence-corrected chi connectivity index (χ2v) is 6.65. The first-order valence-corrected chi connectivity index (χ1v) is 8.39. The molecule has 0 heterocycles. The number of hydrogen-bond donors (Lipinski definition) is 3. The van der Waals surface area contributed by atoms with Crippen molar-refractivity contribution in [3.8, 4) is 0 Å². The van der Waals surface area contributed by atoms with E-state index < -0.39 is 0 Å². The molecule has 5 heteroatoms. The van der Waals surface area contributed by atoms with Crippen molar-refractivity contribution in [2.75, 3.05) is 12.9 Å². The molecular formula is C14H24N2O2S. The third-order valence-corrected chi connectivity index (χ3v) is 5.11. The van der Waals surface area contributed by atoms with Gasteiger partial charge in [-0.1, -0.05) is 18.6 Å². The molecular weight excluding hydrogens is 260 g/mol. The molecule has 0 bridgehead atoms. The summed E-state index contributed by atoms with van der Waals surface area (Å²) in [6.07, 6.45) is 11.5. The average Bonchev–Trinajstić information content (AvgIpc) is 2.86. The molecule has 0 aromatic rings. The Labute approximate surface area is 119 Å². The third kappa shape index (κ3) is 4.42. The summed E-state index contributed by atoms with van der Waals surface area (Å²) in [5.41, 5.74) is 0. The minimum absolute atomic E-state index is 0.0667. The quantitative estimate of drug-likeness (QED) is 0.691. The molecule has 1 saturated carbocycles. The number of rotatable bonds is 4. The first-order chi connectivity index (χ1) is 9.21. The van der Waals surface area contributed by atoms with Gasteiger partial charge >= 0.3 is 6.03 Å². The van der Waals surface area contributed by atoms with Crippen LogP contribution in [0, 0.1) is 5.92 Å². The highest BCUT2D eigenvalue weighted by Gasteiger charge is 2.24. The number of thioether (sulfide) groups is 1. The Balaban J connectivity index is 1.71. The summed E-state index contributed by atoms with van der Waals surface area (Å²) in [5, 5.41) is 15.8. The van der Waals surface area contributed by atoms with Crippen molar-refractivity contribution in [3.63, 3.8) is 0 Å². The normalized spacial score (nSPS) is 34.2. The molecule has 0 spiro atoms. The summed E-state index contributed by atoms with van der Waals surface area (Å²) in [6.45, 7) is 0.161. The summed E-state index contributed by atoms with van der Waals surface area (Å²) in [6, 6.07) is 0.308. The van der Waals surface area contributed by atoms with Gasteiger partial charge in [0.1, 0.15) is 0 Å². The lowest BCUT2D eigenvalue weighted by Crippen LogP contribution is -2.47. The van der Waals surface area contributed by atoms with E-state index in [1.54, 1.807) is 0 Å². The van der Waals surface area contributed by atoms with Crippen LogP contribution >= 0.6 is 11.8 Å². The predicted octanol–water partition coefficient (Wildman–Crippen LogP) is 1.90. The summed E-state index contributed by atoms with van der Waals surface area (Å²) in [4.78, 5) is 11.9. The summed E-state index contributed by atoms with van der Waals surface area (Å²) in [7, 11) is 0. The number of carbonyl (C=O) groups excluding carboxylic acids is 1. The predicted molar refractivity (Wildman–Crippen MR) is 79.3 cm³/mol. The van der Waals surface area contributed by atoms with Gasteiger partial charge in [-0.3, -0.25) is 0 Å². The van der Waals surface area contributed by atoms with E-state index in [0.29, 0.717) is 11.3 Å². The van der Waals surface area contributed by atoms with Crippen LogP contribution in [0.2, 0.25) is 0 Å². The zero-order valence-electron chi connectivity index (χ0n) is 11.5. The molecule has 2 aliphatic carbocycles. The fourth-order valence-corrected chi connectivity index (χ4v) is 3.73. The van der Waals surface area contributed by atoms with Crippen molar-refractivity contribution in [2.24, 2.45) is 5.92 Å². The van der Waals surface area contributed by atoms with Gasteiger partial charge in [0.15, 0.2) is 0 Å². The molecule has 1 fully saturated rings. The Hall–Kier alpha value is -0.680. The minimum Gasteiger partial charge on any atom is -0.396 e. The number of amides is 2. The summed E-state index contributed by atoms with van der Waals surface area (Å²) in [5.74, 6) is 0.195. The lowest BCUT2D eigenvalue weighted by molar-refractivity contribution is 0.225. The molecule has 19 heavy (non-hydrogen) atoms. The first-order valence-electron chi connectivity index (χ1n) is 7.10. The second kappa shape index (κ2) is 7.20. The molecule has 108 valence electrons. The SMILES string of the molecule is CSC1CCCC(NC(=O)N[C@@H]2C=C[C@H](CO)C2)C1. The van der Waals surface area contributed by atoms with Crippen LogP contribution in [0.5, 0.6) is 0 Å². The average molecular weight is 284 g/mol. The maximum absolute atomic E-state index is 11.9. The van der Waals surface area contributed by atoms with E-state index in [2.05, 4.69) is 16.9 Å². The van der Waals surface area contributed by atoms with E-state index in [9.17, 15) is 4.79 Å². The molecule has 3 N–H and O–H groups in total. The lowest BCUT2D eigenvalue weighted by Gasteiger charge is -2.29. The number of carbonyl (C=O) groups is 1. The molecule has 4 nitrogen and oxygen atoms in total. The van der Waals surface area contributed by atoms with Gasteiger partial charge < -0.3 is 15.7 Å². The van der Waals surface area contributed by atoms with Crippen molar-refractivity contribution >= 4 is 17.8 Å². The topological polar surface area (TPSA) is 61.4 Å². The van der Waals surface area contributed by atoms with Crippen LogP contribution < -0.4 is 10.6 Å². The highest BCUT2D eigenvalue weighted by Crippen LogP contribution is 2.26. The number of hydrogen-bond acceptors (Lipinski definition) is 3. The minimum atomic E-state index is -0.0695. The number of urea groups is 1. The third-order valence-electron chi connectivity index (χ3n) is 4.02. The van der Waals surface area contributed by atoms with Gasteiger partial charge in [-0.15, -0.1) is 0 Å². The van der Waals surface area contributed by atoms with E-state index in [1.807, 2.05) is 23.9 Å². The molecule has 0 aromatic carbocycles. The van der Waals surface area contributed by atoms with Gasteiger partial charge in [-0.25, -0.2) is 4.79 Å². The Morgan fingerprint density at radius 3 is 2.84 bits per heavy atom. The van der Waals surface area contributed by atoms with Gasteiger partial charge in [-0.05, 0) is 31.9 Å². The van der Waals surface area contributed by atoms with E-state index in [4.69, 9.17) is 5.11 Å². The molecule has 2 rings (SSSR count).